The standard InChI is InChI=1S/C16H21FN2O/c17-12-5-3-4-11(8-12)9-13-10-15-14(18-13)6-1-2-7-16(20)19-15/h3-5,8,13-15,18H,1-2,6-7,9-10H2,(H,19,20)/t13-,14-,15+/m1/s1. The maximum absolute atomic E-state index is 13.2. The lowest BCUT2D eigenvalue weighted by molar-refractivity contribution is -0.122. The van der Waals surface area contributed by atoms with Crippen LogP contribution >= 0.6 is 0 Å². The molecule has 2 fully saturated rings. The zero-order valence-electron chi connectivity index (χ0n) is 11.6. The Kier molecular flexibility index (Phi) is 4.01. The van der Waals surface area contributed by atoms with E-state index in [-0.39, 0.29) is 17.8 Å². The SMILES string of the molecule is O=C1CCCC[C@H]2N[C@H](Cc3cccc(F)c3)C[C@@H]2N1. The van der Waals surface area contributed by atoms with Crippen LogP contribution in [0, 0.1) is 5.82 Å². The first kappa shape index (κ1) is 13.6. The predicted octanol–water partition coefficient (Wildman–Crippen LogP) is 2.16. The molecule has 0 aromatic heterocycles. The quantitative estimate of drug-likeness (QED) is 0.869. The van der Waals surface area contributed by atoms with Gasteiger partial charge >= 0.3 is 0 Å². The van der Waals surface area contributed by atoms with Gasteiger partial charge in [0.25, 0.3) is 0 Å². The molecule has 2 heterocycles. The van der Waals surface area contributed by atoms with E-state index in [1.165, 1.54) is 6.07 Å². The molecule has 1 aromatic carbocycles. The van der Waals surface area contributed by atoms with Gasteiger partial charge < -0.3 is 10.6 Å². The van der Waals surface area contributed by atoms with Crippen LogP contribution in [0.25, 0.3) is 0 Å². The molecule has 0 radical (unpaired) electrons. The molecule has 4 heteroatoms. The summed E-state index contributed by atoms with van der Waals surface area (Å²) in [5.41, 5.74) is 1.02. The molecule has 1 amide bonds. The van der Waals surface area contributed by atoms with E-state index in [4.69, 9.17) is 0 Å². The minimum Gasteiger partial charge on any atom is -0.352 e. The molecular formula is C16H21FN2O. The number of amides is 1. The summed E-state index contributed by atoms with van der Waals surface area (Å²) in [4.78, 5) is 11.7. The van der Waals surface area contributed by atoms with Crippen molar-refractivity contribution in [2.45, 2.75) is 56.7 Å². The average Bonchev–Trinajstić information content (AvgIpc) is 2.74. The summed E-state index contributed by atoms with van der Waals surface area (Å²) in [5.74, 6) is -0.00674. The summed E-state index contributed by atoms with van der Waals surface area (Å²) < 4.78 is 13.2. The lowest BCUT2D eigenvalue weighted by atomic mass is 9.98. The summed E-state index contributed by atoms with van der Waals surface area (Å²) in [6.07, 6.45) is 5.61. The molecule has 3 rings (SSSR count). The maximum atomic E-state index is 13.2. The number of benzene rings is 1. The highest BCUT2D eigenvalue weighted by Gasteiger charge is 2.34. The molecule has 3 nitrogen and oxygen atoms in total. The van der Waals surface area contributed by atoms with Gasteiger partial charge in [-0.3, -0.25) is 4.79 Å². The predicted molar refractivity (Wildman–Crippen MR) is 75.8 cm³/mol. The van der Waals surface area contributed by atoms with Gasteiger partial charge in [0.1, 0.15) is 5.82 Å². The normalized spacial score (nSPS) is 30.2. The molecule has 0 bridgehead atoms. The number of carbonyl (C=O) groups excluding carboxylic acids is 1. The third kappa shape index (κ3) is 3.18. The van der Waals surface area contributed by atoms with Crippen LogP contribution in [-0.4, -0.2) is 24.0 Å². The van der Waals surface area contributed by atoms with Crippen molar-refractivity contribution in [1.82, 2.24) is 10.6 Å². The van der Waals surface area contributed by atoms with Crippen molar-refractivity contribution >= 4 is 5.91 Å². The number of rotatable bonds is 2. The molecule has 2 saturated heterocycles. The first-order valence-corrected chi connectivity index (χ1v) is 7.50. The number of fused-ring (bicyclic) bond motifs is 1. The Morgan fingerprint density at radius 1 is 1.25 bits per heavy atom. The number of carbonyl (C=O) groups is 1. The largest absolute Gasteiger partial charge is 0.352 e. The van der Waals surface area contributed by atoms with Gasteiger partial charge in [0.15, 0.2) is 0 Å². The Balaban J connectivity index is 1.64. The first-order chi connectivity index (χ1) is 9.70. The van der Waals surface area contributed by atoms with E-state index >= 15 is 0 Å². The van der Waals surface area contributed by atoms with Crippen LogP contribution in [0.5, 0.6) is 0 Å². The Morgan fingerprint density at radius 2 is 2.15 bits per heavy atom. The van der Waals surface area contributed by atoms with Gasteiger partial charge in [-0.15, -0.1) is 0 Å². The molecule has 1 aromatic rings. The van der Waals surface area contributed by atoms with Crippen LogP contribution < -0.4 is 10.6 Å². The number of halogens is 1. The first-order valence-electron chi connectivity index (χ1n) is 7.50. The highest BCUT2D eigenvalue weighted by Crippen LogP contribution is 2.23. The molecule has 0 spiro atoms. The molecule has 108 valence electrons. The molecule has 0 aliphatic carbocycles. The van der Waals surface area contributed by atoms with Gasteiger partial charge in [-0.25, -0.2) is 4.39 Å². The summed E-state index contributed by atoms with van der Waals surface area (Å²) in [6, 6.07) is 7.72. The summed E-state index contributed by atoms with van der Waals surface area (Å²) in [6.45, 7) is 0. The van der Waals surface area contributed by atoms with Crippen molar-refractivity contribution in [1.29, 1.82) is 0 Å². The molecule has 0 unspecified atom stereocenters. The van der Waals surface area contributed by atoms with Crippen LogP contribution in [0.3, 0.4) is 0 Å². The van der Waals surface area contributed by atoms with Crippen molar-refractivity contribution in [3.63, 3.8) is 0 Å². The molecule has 20 heavy (non-hydrogen) atoms. The van der Waals surface area contributed by atoms with E-state index in [2.05, 4.69) is 10.6 Å². The molecule has 0 saturated carbocycles. The Bertz CT molecular complexity index is 491. The smallest absolute Gasteiger partial charge is 0.220 e. The third-order valence-corrected chi connectivity index (χ3v) is 4.36. The fourth-order valence-electron chi connectivity index (χ4n) is 3.42. The highest BCUT2D eigenvalue weighted by molar-refractivity contribution is 5.76. The minimum atomic E-state index is -0.181. The third-order valence-electron chi connectivity index (χ3n) is 4.36. The van der Waals surface area contributed by atoms with E-state index in [0.29, 0.717) is 18.5 Å². The highest BCUT2D eigenvalue weighted by atomic mass is 19.1. The molecule has 2 N–H and O–H groups in total. The van der Waals surface area contributed by atoms with Gasteiger partial charge in [0, 0.05) is 24.5 Å². The van der Waals surface area contributed by atoms with E-state index in [1.807, 2.05) is 6.07 Å². The van der Waals surface area contributed by atoms with Gasteiger partial charge in [0.2, 0.25) is 5.91 Å². The topological polar surface area (TPSA) is 41.1 Å². The van der Waals surface area contributed by atoms with Gasteiger partial charge in [-0.2, -0.15) is 0 Å². The molecule has 3 atom stereocenters. The van der Waals surface area contributed by atoms with Crippen LogP contribution in [0.4, 0.5) is 4.39 Å². The molecule has 2 aliphatic heterocycles. The fraction of sp³-hybridized carbons (Fsp3) is 0.562. The summed E-state index contributed by atoms with van der Waals surface area (Å²) in [5, 5.41) is 6.74. The summed E-state index contributed by atoms with van der Waals surface area (Å²) in [7, 11) is 0. The van der Waals surface area contributed by atoms with E-state index in [0.717, 1.165) is 37.7 Å². The monoisotopic (exact) mass is 276 g/mol. The Hall–Kier alpha value is -1.42. The number of hydrogen-bond donors (Lipinski definition) is 2. The summed E-state index contributed by atoms with van der Waals surface area (Å²) >= 11 is 0. The van der Waals surface area contributed by atoms with Crippen LogP contribution in [0.15, 0.2) is 24.3 Å². The van der Waals surface area contributed by atoms with E-state index in [1.54, 1.807) is 12.1 Å². The van der Waals surface area contributed by atoms with Crippen molar-refractivity contribution in [3.05, 3.63) is 35.6 Å². The zero-order valence-corrected chi connectivity index (χ0v) is 11.6. The van der Waals surface area contributed by atoms with Crippen molar-refractivity contribution in [3.8, 4) is 0 Å². The second-order valence-electron chi connectivity index (χ2n) is 5.96. The van der Waals surface area contributed by atoms with Crippen LogP contribution in [0.2, 0.25) is 0 Å². The van der Waals surface area contributed by atoms with Crippen molar-refractivity contribution in [2.24, 2.45) is 0 Å². The molecule has 2 aliphatic rings. The van der Waals surface area contributed by atoms with Gasteiger partial charge in [0.05, 0.1) is 0 Å². The Morgan fingerprint density at radius 3 is 3.00 bits per heavy atom. The van der Waals surface area contributed by atoms with E-state index in [9.17, 15) is 9.18 Å². The van der Waals surface area contributed by atoms with E-state index < -0.39 is 0 Å². The van der Waals surface area contributed by atoms with Crippen molar-refractivity contribution in [2.75, 3.05) is 0 Å². The van der Waals surface area contributed by atoms with Crippen LogP contribution in [0.1, 0.15) is 37.7 Å². The second kappa shape index (κ2) is 5.92. The Labute approximate surface area is 118 Å². The van der Waals surface area contributed by atoms with Crippen LogP contribution in [-0.2, 0) is 11.2 Å². The molecular weight excluding hydrogens is 255 g/mol. The average molecular weight is 276 g/mol. The fourth-order valence-corrected chi connectivity index (χ4v) is 3.42. The van der Waals surface area contributed by atoms with Gasteiger partial charge in [-0.05, 0) is 43.4 Å². The minimum absolute atomic E-state index is 0.174. The zero-order chi connectivity index (χ0) is 13.9. The maximum Gasteiger partial charge on any atom is 0.220 e. The number of hydrogen-bond acceptors (Lipinski definition) is 2. The lowest BCUT2D eigenvalue weighted by Crippen LogP contribution is -2.44. The number of nitrogens with one attached hydrogen (secondary N) is 2. The van der Waals surface area contributed by atoms with Gasteiger partial charge in [-0.1, -0.05) is 18.6 Å². The second-order valence-corrected chi connectivity index (χ2v) is 5.96. The lowest BCUT2D eigenvalue weighted by Gasteiger charge is -2.23. The van der Waals surface area contributed by atoms with Crippen molar-refractivity contribution < 1.29 is 9.18 Å².